The molecule has 0 aliphatic carbocycles. The lowest BCUT2D eigenvalue weighted by Crippen LogP contribution is -2.16. The number of hydrogen-bond donors (Lipinski definition) is 1. The van der Waals surface area contributed by atoms with Crippen LogP contribution in [-0.4, -0.2) is 24.7 Å². The van der Waals surface area contributed by atoms with Gasteiger partial charge in [-0.2, -0.15) is 0 Å². The van der Waals surface area contributed by atoms with Gasteiger partial charge in [0, 0.05) is 10.6 Å². The monoisotopic (exact) mass is 329 g/mol. The van der Waals surface area contributed by atoms with Crippen LogP contribution in [0.1, 0.15) is 21.5 Å². The number of nitrogens with one attached hydrogen (secondary N) is 1. The molecule has 0 aliphatic rings. The van der Waals surface area contributed by atoms with Gasteiger partial charge in [-0.05, 0) is 43.7 Å². The number of rotatable bonds is 5. The zero-order valence-electron chi connectivity index (χ0n) is 13.4. The summed E-state index contributed by atoms with van der Waals surface area (Å²) in [7, 11) is 1.34. The van der Waals surface area contributed by atoms with Crippen LogP contribution in [0.3, 0.4) is 0 Å². The van der Waals surface area contributed by atoms with Gasteiger partial charge in [0.15, 0.2) is 0 Å². The Morgan fingerprint density at radius 3 is 2.43 bits per heavy atom. The number of anilines is 1. The first-order valence-electron chi connectivity index (χ1n) is 7.18. The Morgan fingerprint density at radius 2 is 1.78 bits per heavy atom. The van der Waals surface area contributed by atoms with Gasteiger partial charge >= 0.3 is 5.97 Å². The van der Waals surface area contributed by atoms with Gasteiger partial charge in [0.1, 0.15) is 0 Å². The smallest absolute Gasteiger partial charge is 0.338 e. The van der Waals surface area contributed by atoms with E-state index in [1.165, 1.54) is 24.4 Å². The number of benzene rings is 2. The highest BCUT2D eigenvalue weighted by Crippen LogP contribution is 2.22. The first-order chi connectivity index (χ1) is 11.0. The summed E-state index contributed by atoms with van der Waals surface area (Å²) in [5.41, 5.74) is 2.97. The van der Waals surface area contributed by atoms with Crippen LogP contribution in [0.25, 0.3) is 0 Å². The first-order valence-corrected chi connectivity index (χ1v) is 8.17. The largest absolute Gasteiger partial charge is 0.465 e. The van der Waals surface area contributed by atoms with Crippen LogP contribution < -0.4 is 5.32 Å². The fraction of sp³-hybridized carbons (Fsp3) is 0.222. The van der Waals surface area contributed by atoms with Crippen LogP contribution in [0.5, 0.6) is 0 Å². The summed E-state index contributed by atoms with van der Waals surface area (Å²) in [4.78, 5) is 24.8. The minimum Gasteiger partial charge on any atom is -0.465 e. The van der Waals surface area contributed by atoms with Crippen molar-refractivity contribution in [1.29, 1.82) is 0 Å². The molecule has 120 valence electrons. The second-order valence-corrected chi connectivity index (χ2v) is 6.17. The molecule has 0 spiro atoms. The molecule has 0 bridgehead atoms. The quantitative estimate of drug-likeness (QED) is 0.669. The second kappa shape index (κ2) is 7.83. The molecule has 1 N–H and O–H groups in total. The summed E-state index contributed by atoms with van der Waals surface area (Å²) >= 11 is 1.47. The predicted octanol–water partition coefficient (Wildman–Crippen LogP) is 3.82. The third-order valence-electron chi connectivity index (χ3n) is 3.40. The second-order valence-electron chi connectivity index (χ2n) is 5.12. The molecular weight excluding hydrogens is 310 g/mol. The number of thioether (sulfide) groups is 1. The van der Waals surface area contributed by atoms with E-state index < -0.39 is 5.97 Å². The van der Waals surface area contributed by atoms with E-state index in [4.69, 9.17) is 4.74 Å². The fourth-order valence-corrected chi connectivity index (χ4v) is 2.77. The topological polar surface area (TPSA) is 55.4 Å². The lowest BCUT2D eigenvalue weighted by molar-refractivity contribution is -0.113. The highest BCUT2D eigenvalue weighted by Gasteiger charge is 2.13. The molecule has 2 aromatic carbocycles. The summed E-state index contributed by atoms with van der Waals surface area (Å²) < 4.78 is 4.74. The zero-order chi connectivity index (χ0) is 16.8. The van der Waals surface area contributed by atoms with Crippen molar-refractivity contribution in [2.75, 3.05) is 18.2 Å². The molecule has 0 atom stereocenters. The van der Waals surface area contributed by atoms with Crippen molar-refractivity contribution in [2.24, 2.45) is 0 Å². The van der Waals surface area contributed by atoms with Gasteiger partial charge in [0.05, 0.1) is 18.4 Å². The summed E-state index contributed by atoms with van der Waals surface area (Å²) in [6, 6.07) is 13.2. The predicted molar refractivity (Wildman–Crippen MR) is 93.1 cm³/mol. The average molecular weight is 329 g/mol. The molecule has 0 saturated carbocycles. The van der Waals surface area contributed by atoms with Crippen LogP contribution >= 0.6 is 11.8 Å². The maximum absolute atomic E-state index is 12.1. The Morgan fingerprint density at radius 1 is 1.09 bits per heavy atom. The number of amides is 1. The molecule has 0 unspecified atom stereocenters. The Labute approximate surface area is 140 Å². The van der Waals surface area contributed by atoms with Gasteiger partial charge in [-0.3, -0.25) is 4.79 Å². The van der Waals surface area contributed by atoms with Crippen molar-refractivity contribution >= 4 is 29.3 Å². The number of carbonyl (C=O) groups is 2. The van der Waals surface area contributed by atoms with Crippen LogP contribution in [0.15, 0.2) is 47.4 Å². The lowest BCUT2D eigenvalue weighted by Gasteiger charge is -2.11. The number of hydrogen-bond acceptors (Lipinski definition) is 4. The van der Waals surface area contributed by atoms with Gasteiger partial charge in [-0.25, -0.2) is 4.79 Å². The number of ether oxygens (including phenoxy) is 1. The van der Waals surface area contributed by atoms with Gasteiger partial charge in [0.2, 0.25) is 5.91 Å². The summed E-state index contributed by atoms with van der Waals surface area (Å²) in [5.74, 6) is -0.210. The van der Waals surface area contributed by atoms with Gasteiger partial charge in [0.25, 0.3) is 0 Å². The van der Waals surface area contributed by atoms with E-state index in [1.54, 1.807) is 25.1 Å². The molecule has 2 aromatic rings. The summed E-state index contributed by atoms with van der Waals surface area (Å²) in [6.07, 6.45) is 0. The Hall–Kier alpha value is -2.27. The molecule has 0 heterocycles. The molecule has 5 heteroatoms. The first kappa shape index (κ1) is 17.1. The summed E-state index contributed by atoms with van der Waals surface area (Å²) in [6.45, 7) is 3.81. The van der Waals surface area contributed by atoms with E-state index in [0.29, 0.717) is 22.6 Å². The number of carbonyl (C=O) groups excluding carboxylic acids is 2. The average Bonchev–Trinajstić information content (AvgIpc) is 2.55. The third kappa shape index (κ3) is 4.60. The molecule has 4 nitrogen and oxygen atoms in total. The Kier molecular flexibility index (Phi) is 5.82. The maximum Gasteiger partial charge on any atom is 0.338 e. The number of methoxy groups -OCH3 is 1. The Balaban J connectivity index is 2.00. The maximum atomic E-state index is 12.1. The Bertz CT molecular complexity index is 711. The normalized spacial score (nSPS) is 10.2. The molecule has 2 rings (SSSR count). The zero-order valence-corrected chi connectivity index (χ0v) is 14.2. The lowest BCUT2D eigenvalue weighted by atomic mass is 10.1. The molecule has 0 radical (unpaired) electrons. The highest BCUT2D eigenvalue weighted by atomic mass is 32.2. The van der Waals surface area contributed by atoms with Gasteiger partial charge < -0.3 is 10.1 Å². The molecule has 0 aromatic heterocycles. The minimum absolute atomic E-state index is 0.110. The van der Waals surface area contributed by atoms with Crippen LogP contribution in [0.2, 0.25) is 0 Å². The molecule has 0 saturated heterocycles. The van der Waals surface area contributed by atoms with Crippen molar-refractivity contribution < 1.29 is 14.3 Å². The van der Waals surface area contributed by atoms with Gasteiger partial charge in [-0.15, -0.1) is 11.8 Å². The summed E-state index contributed by atoms with van der Waals surface area (Å²) in [5, 5.41) is 2.84. The SMILES string of the molecule is COC(=O)c1cccc(NC(=O)CSc2ccc(C)cc2)c1C. The standard InChI is InChI=1S/C18H19NO3S/c1-12-7-9-14(10-8-12)23-11-17(20)19-16-6-4-5-15(13(16)2)18(21)22-3/h4-10H,11H2,1-3H3,(H,19,20). The highest BCUT2D eigenvalue weighted by molar-refractivity contribution is 8.00. The van der Waals surface area contributed by atoms with Gasteiger partial charge in [-0.1, -0.05) is 23.8 Å². The number of aryl methyl sites for hydroxylation is 1. The van der Waals surface area contributed by atoms with Crippen LogP contribution in [0, 0.1) is 13.8 Å². The minimum atomic E-state index is -0.410. The van der Waals surface area contributed by atoms with Crippen LogP contribution in [0.4, 0.5) is 5.69 Å². The third-order valence-corrected chi connectivity index (χ3v) is 4.42. The van der Waals surface area contributed by atoms with Crippen molar-refractivity contribution in [1.82, 2.24) is 0 Å². The molecule has 1 amide bonds. The van der Waals surface area contributed by atoms with Crippen LogP contribution in [-0.2, 0) is 9.53 Å². The van der Waals surface area contributed by atoms with E-state index in [1.807, 2.05) is 31.2 Å². The van der Waals surface area contributed by atoms with Crippen molar-refractivity contribution in [3.63, 3.8) is 0 Å². The van der Waals surface area contributed by atoms with Crippen molar-refractivity contribution in [2.45, 2.75) is 18.7 Å². The molecule has 23 heavy (non-hydrogen) atoms. The van der Waals surface area contributed by atoms with E-state index in [9.17, 15) is 9.59 Å². The molecule has 0 aliphatic heterocycles. The molecular formula is C18H19NO3S. The molecule has 0 fully saturated rings. The van der Waals surface area contributed by atoms with Crippen molar-refractivity contribution in [3.05, 3.63) is 59.2 Å². The van der Waals surface area contributed by atoms with E-state index in [0.717, 1.165) is 4.90 Å². The number of esters is 1. The van der Waals surface area contributed by atoms with E-state index in [2.05, 4.69) is 5.32 Å². The van der Waals surface area contributed by atoms with Crippen molar-refractivity contribution in [3.8, 4) is 0 Å². The van der Waals surface area contributed by atoms with E-state index >= 15 is 0 Å². The van der Waals surface area contributed by atoms with E-state index in [-0.39, 0.29) is 5.91 Å². The fourth-order valence-electron chi connectivity index (χ4n) is 2.07.